The highest BCUT2D eigenvalue weighted by atomic mass is 32.2. The van der Waals surface area contributed by atoms with E-state index in [1.54, 1.807) is 6.92 Å². The molecule has 1 aliphatic heterocycles. The van der Waals surface area contributed by atoms with Crippen molar-refractivity contribution in [2.75, 3.05) is 24.7 Å². The largest absolute Gasteiger partial charge is 0.482 e. The maximum atomic E-state index is 12.6. The highest BCUT2D eigenvalue weighted by Gasteiger charge is 2.36. The van der Waals surface area contributed by atoms with Gasteiger partial charge >= 0.3 is 5.97 Å². The zero-order chi connectivity index (χ0) is 21.8. The Morgan fingerprint density at radius 2 is 1.93 bits per heavy atom. The Bertz CT molecular complexity index is 849. The Morgan fingerprint density at radius 3 is 2.45 bits per heavy atom. The lowest BCUT2D eigenvalue weighted by Gasteiger charge is -2.29. The SMILES string of the molecule is CCN(C(=O)[C@@H](C)OC(=O)COc1ccc(C(C)C)c(C)c1)[C@@H]1CCS(=O)(=O)C1. The Kier molecular flexibility index (Phi) is 7.68. The molecule has 0 bridgehead atoms. The molecule has 1 amide bonds. The molecule has 1 saturated heterocycles. The number of hydrogen-bond acceptors (Lipinski definition) is 6. The number of carbonyl (C=O) groups excluding carboxylic acids is 2. The highest BCUT2D eigenvalue weighted by Crippen LogP contribution is 2.23. The first kappa shape index (κ1) is 23.2. The average Bonchev–Trinajstić information content (AvgIpc) is 2.99. The quantitative estimate of drug-likeness (QED) is 0.595. The number of amides is 1. The maximum absolute atomic E-state index is 12.6. The van der Waals surface area contributed by atoms with Crippen LogP contribution in [0.2, 0.25) is 0 Å². The minimum atomic E-state index is -3.11. The number of aryl methyl sites for hydroxylation is 1. The second-order valence-electron chi connectivity index (χ2n) is 7.77. The van der Waals surface area contributed by atoms with Crippen LogP contribution in [-0.2, 0) is 24.2 Å². The van der Waals surface area contributed by atoms with Crippen LogP contribution < -0.4 is 4.74 Å². The fourth-order valence-electron chi connectivity index (χ4n) is 3.66. The molecule has 2 atom stereocenters. The summed E-state index contributed by atoms with van der Waals surface area (Å²) >= 11 is 0. The molecule has 7 nitrogen and oxygen atoms in total. The Balaban J connectivity index is 1.89. The Labute approximate surface area is 173 Å². The first-order valence-electron chi connectivity index (χ1n) is 9.97. The van der Waals surface area contributed by atoms with E-state index < -0.39 is 21.9 Å². The van der Waals surface area contributed by atoms with Gasteiger partial charge in [0.2, 0.25) is 0 Å². The summed E-state index contributed by atoms with van der Waals surface area (Å²) in [5, 5.41) is 0. The molecule has 1 aliphatic rings. The molecule has 0 saturated carbocycles. The molecule has 162 valence electrons. The van der Waals surface area contributed by atoms with Gasteiger partial charge in [0, 0.05) is 12.6 Å². The van der Waals surface area contributed by atoms with Crippen LogP contribution in [0.1, 0.15) is 51.2 Å². The topological polar surface area (TPSA) is 90.0 Å². The zero-order valence-corrected chi connectivity index (χ0v) is 18.6. The molecule has 0 spiro atoms. The predicted octanol–water partition coefficient (Wildman–Crippen LogP) is 2.46. The monoisotopic (exact) mass is 425 g/mol. The molecule has 0 aliphatic carbocycles. The number of hydrogen-bond donors (Lipinski definition) is 0. The number of sulfone groups is 1. The average molecular weight is 426 g/mol. The number of nitrogens with zero attached hydrogens (tertiary/aromatic N) is 1. The first-order valence-corrected chi connectivity index (χ1v) is 11.8. The van der Waals surface area contributed by atoms with Gasteiger partial charge < -0.3 is 14.4 Å². The Morgan fingerprint density at radius 1 is 1.24 bits per heavy atom. The molecule has 0 radical (unpaired) electrons. The van der Waals surface area contributed by atoms with E-state index >= 15 is 0 Å². The molecule has 0 N–H and O–H groups in total. The first-order chi connectivity index (χ1) is 13.5. The lowest BCUT2D eigenvalue weighted by molar-refractivity contribution is -0.161. The maximum Gasteiger partial charge on any atom is 0.344 e. The van der Waals surface area contributed by atoms with Crippen molar-refractivity contribution in [1.82, 2.24) is 4.90 Å². The van der Waals surface area contributed by atoms with Crippen LogP contribution in [0.25, 0.3) is 0 Å². The Hall–Kier alpha value is -2.09. The van der Waals surface area contributed by atoms with E-state index in [4.69, 9.17) is 9.47 Å². The van der Waals surface area contributed by atoms with E-state index in [9.17, 15) is 18.0 Å². The zero-order valence-electron chi connectivity index (χ0n) is 17.8. The van der Waals surface area contributed by atoms with Crippen molar-refractivity contribution < 1.29 is 27.5 Å². The van der Waals surface area contributed by atoms with E-state index in [-0.39, 0.29) is 30.1 Å². The molecule has 2 rings (SSSR count). The summed E-state index contributed by atoms with van der Waals surface area (Å²) in [7, 11) is -3.11. The van der Waals surface area contributed by atoms with Gasteiger partial charge in [0.1, 0.15) is 5.75 Å². The molecule has 1 heterocycles. The number of benzene rings is 1. The summed E-state index contributed by atoms with van der Waals surface area (Å²) in [6.07, 6.45) is -0.586. The molecular formula is C21H31NO6S. The highest BCUT2D eigenvalue weighted by molar-refractivity contribution is 7.91. The number of carbonyl (C=O) groups is 2. The predicted molar refractivity (Wildman–Crippen MR) is 111 cm³/mol. The van der Waals surface area contributed by atoms with E-state index in [1.165, 1.54) is 17.4 Å². The van der Waals surface area contributed by atoms with Crippen LogP contribution in [0.15, 0.2) is 18.2 Å². The minimum Gasteiger partial charge on any atom is -0.482 e. The van der Waals surface area contributed by atoms with Crippen molar-refractivity contribution in [3.05, 3.63) is 29.3 Å². The van der Waals surface area contributed by atoms with Gasteiger partial charge in [0.25, 0.3) is 5.91 Å². The smallest absolute Gasteiger partial charge is 0.344 e. The van der Waals surface area contributed by atoms with Crippen LogP contribution >= 0.6 is 0 Å². The van der Waals surface area contributed by atoms with Gasteiger partial charge in [-0.05, 0) is 56.4 Å². The fourth-order valence-corrected chi connectivity index (χ4v) is 5.39. The summed E-state index contributed by atoms with van der Waals surface area (Å²) in [6.45, 7) is 9.54. The van der Waals surface area contributed by atoms with Crippen LogP contribution in [0.4, 0.5) is 0 Å². The third-order valence-electron chi connectivity index (χ3n) is 5.15. The van der Waals surface area contributed by atoms with Gasteiger partial charge in [0.05, 0.1) is 11.5 Å². The molecule has 29 heavy (non-hydrogen) atoms. The molecule has 0 unspecified atom stereocenters. The van der Waals surface area contributed by atoms with Gasteiger partial charge in [-0.15, -0.1) is 0 Å². The second-order valence-corrected chi connectivity index (χ2v) is 10.0. The van der Waals surface area contributed by atoms with E-state index in [2.05, 4.69) is 13.8 Å². The third kappa shape index (κ3) is 6.19. The summed E-state index contributed by atoms with van der Waals surface area (Å²) in [6, 6.07) is 5.29. The number of likely N-dealkylation sites (N-methyl/N-ethyl adjacent to an activating group) is 1. The second kappa shape index (κ2) is 9.61. The normalized spacial score (nSPS) is 19.0. The number of esters is 1. The standard InChI is InChI=1S/C21H31NO6S/c1-6-22(17-9-10-29(25,26)13-17)21(24)16(5)28-20(23)12-27-18-7-8-19(14(2)3)15(4)11-18/h7-8,11,14,16-17H,6,9-10,12-13H2,1-5H3/t16-,17-/m1/s1. The molecule has 1 fully saturated rings. The molecule has 8 heteroatoms. The summed E-state index contributed by atoms with van der Waals surface area (Å²) < 4.78 is 34.1. The van der Waals surface area contributed by atoms with Gasteiger partial charge in [-0.2, -0.15) is 0 Å². The van der Waals surface area contributed by atoms with Crippen LogP contribution in [0.5, 0.6) is 5.75 Å². The molecular weight excluding hydrogens is 394 g/mol. The van der Waals surface area contributed by atoms with Gasteiger partial charge in [-0.3, -0.25) is 4.79 Å². The van der Waals surface area contributed by atoms with E-state index in [1.807, 2.05) is 25.1 Å². The van der Waals surface area contributed by atoms with E-state index in [0.29, 0.717) is 24.6 Å². The van der Waals surface area contributed by atoms with Crippen molar-refractivity contribution >= 4 is 21.7 Å². The van der Waals surface area contributed by atoms with Gasteiger partial charge in [-0.25, -0.2) is 13.2 Å². The minimum absolute atomic E-state index is 0.0396. The van der Waals surface area contributed by atoms with Crippen molar-refractivity contribution in [3.8, 4) is 5.75 Å². The fraction of sp³-hybridized carbons (Fsp3) is 0.619. The van der Waals surface area contributed by atoms with Crippen molar-refractivity contribution in [2.45, 2.75) is 59.1 Å². The summed E-state index contributed by atoms with van der Waals surface area (Å²) in [4.78, 5) is 26.2. The summed E-state index contributed by atoms with van der Waals surface area (Å²) in [5.74, 6) is -0.0290. The van der Waals surface area contributed by atoms with Crippen molar-refractivity contribution in [3.63, 3.8) is 0 Å². The van der Waals surface area contributed by atoms with Crippen LogP contribution in [-0.4, -0.2) is 62.0 Å². The third-order valence-corrected chi connectivity index (χ3v) is 6.90. The number of rotatable bonds is 8. The van der Waals surface area contributed by atoms with Crippen LogP contribution in [0, 0.1) is 6.92 Å². The van der Waals surface area contributed by atoms with Crippen molar-refractivity contribution in [1.29, 1.82) is 0 Å². The lowest BCUT2D eigenvalue weighted by Crippen LogP contribution is -2.46. The van der Waals surface area contributed by atoms with Crippen LogP contribution in [0.3, 0.4) is 0 Å². The number of ether oxygens (including phenoxy) is 2. The summed E-state index contributed by atoms with van der Waals surface area (Å²) in [5.41, 5.74) is 2.30. The van der Waals surface area contributed by atoms with E-state index in [0.717, 1.165) is 5.56 Å². The molecule has 1 aromatic rings. The lowest BCUT2D eigenvalue weighted by atomic mass is 9.98. The van der Waals surface area contributed by atoms with Gasteiger partial charge in [0.15, 0.2) is 22.5 Å². The molecule has 0 aromatic heterocycles. The van der Waals surface area contributed by atoms with Crippen molar-refractivity contribution in [2.24, 2.45) is 0 Å². The molecule has 1 aromatic carbocycles. The van der Waals surface area contributed by atoms with Gasteiger partial charge in [-0.1, -0.05) is 19.9 Å².